The minimum absolute atomic E-state index is 0.0197. The molecule has 0 radical (unpaired) electrons. The first-order valence-electron chi connectivity index (χ1n) is 8.67. The molecule has 3 aromatic rings. The van der Waals surface area contributed by atoms with Crippen molar-refractivity contribution in [1.29, 1.82) is 0 Å². The van der Waals surface area contributed by atoms with E-state index in [4.69, 9.17) is 0 Å². The molecule has 0 fully saturated rings. The highest BCUT2D eigenvalue weighted by atomic mass is 16.2. The Kier molecular flexibility index (Phi) is 4.68. The molecule has 0 bridgehead atoms. The summed E-state index contributed by atoms with van der Waals surface area (Å²) in [5.41, 5.74) is 4.57. The molecule has 2 heterocycles. The predicted octanol–water partition coefficient (Wildman–Crippen LogP) is 2.54. The van der Waals surface area contributed by atoms with Crippen LogP contribution >= 0.6 is 0 Å². The molecule has 1 aromatic carbocycles. The van der Waals surface area contributed by atoms with Crippen molar-refractivity contribution in [2.45, 2.75) is 40.3 Å². The van der Waals surface area contributed by atoms with Crippen molar-refractivity contribution in [2.24, 2.45) is 7.05 Å². The molecule has 1 N–H and O–H groups in total. The number of fused-ring (bicyclic) bond motifs is 1. The van der Waals surface area contributed by atoms with Gasteiger partial charge in [0.05, 0.1) is 11.7 Å². The molecule has 0 saturated carbocycles. The molecule has 0 unspecified atom stereocenters. The Balaban J connectivity index is 1.78. The van der Waals surface area contributed by atoms with E-state index in [0.29, 0.717) is 5.52 Å². The fourth-order valence-electron chi connectivity index (χ4n) is 3.18. The molecule has 6 heteroatoms. The monoisotopic (exact) mass is 352 g/mol. The summed E-state index contributed by atoms with van der Waals surface area (Å²) < 4.78 is 2.99. The molecular formula is C20H24N4O2. The normalized spacial score (nSPS) is 12.3. The first-order chi connectivity index (χ1) is 12.3. The van der Waals surface area contributed by atoms with Crippen LogP contribution in [0.1, 0.15) is 35.3 Å². The highest BCUT2D eigenvalue weighted by molar-refractivity contribution is 5.81. The Morgan fingerprint density at radius 3 is 2.62 bits per heavy atom. The van der Waals surface area contributed by atoms with Crippen LogP contribution in [0.4, 0.5) is 0 Å². The molecule has 0 spiro atoms. The third-order valence-corrected chi connectivity index (χ3v) is 4.88. The van der Waals surface area contributed by atoms with Gasteiger partial charge < -0.3 is 9.88 Å². The molecular weight excluding hydrogens is 328 g/mol. The maximum absolute atomic E-state index is 12.7. The Bertz CT molecular complexity index is 1050. The number of carbonyl (C=O) groups excluding carboxylic acids is 1. The summed E-state index contributed by atoms with van der Waals surface area (Å²) >= 11 is 0. The van der Waals surface area contributed by atoms with Gasteiger partial charge >= 0.3 is 0 Å². The van der Waals surface area contributed by atoms with Crippen LogP contribution in [-0.2, 0) is 18.4 Å². The zero-order valence-electron chi connectivity index (χ0n) is 15.8. The number of amides is 1. The van der Waals surface area contributed by atoms with Gasteiger partial charge in [0, 0.05) is 18.6 Å². The fourth-order valence-corrected chi connectivity index (χ4v) is 3.18. The molecule has 1 amide bonds. The van der Waals surface area contributed by atoms with Crippen LogP contribution in [0.15, 0.2) is 35.3 Å². The zero-order chi connectivity index (χ0) is 19.0. The number of hydrogen-bond donors (Lipinski definition) is 1. The van der Waals surface area contributed by atoms with E-state index < -0.39 is 0 Å². The van der Waals surface area contributed by atoms with Crippen LogP contribution in [0.25, 0.3) is 10.9 Å². The van der Waals surface area contributed by atoms with Gasteiger partial charge in [0.25, 0.3) is 5.56 Å². The quantitative estimate of drug-likeness (QED) is 0.784. The van der Waals surface area contributed by atoms with Crippen molar-refractivity contribution >= 4 is 16.8 Å². The van der Waals surface area contributed by atoms with Crippen molar-refractivity contribution in [3.63, 3.8) is 0 Å². The van der Waals surface area contributed by atoms with E-state index >= 15 is 0 Å². The lowest BCUT2D eigenvalue weighted by Crippen LogP contribution is -2.34. The van der Waals surface area contributed by atoms with E-state index in [9.17, 15) is 9.59 Å². The summed E-state index contributed by atoms with van der Waals surface area (Å²) in [7, 11) is 1.74. The smallest absolute Gasteiger partial charge is 0.277 e. The van der Waals surface area contributed by atoms with Gasteiger partial charge in [0.15, 0.2) is 0 Å². The first-order valence-corrected chi connectivity index (χ1v) is 8.67. The number of nitrogens with one attached hydrogen (secondary N) is 1. The molecule has 26 heavy (non-hydrogen) atoms. The summed E-state index contributed by atoms with van der Waals surface area (Å²) in [5, 5.41) is 8.06. The van der Waals surface area contributed by atoms with Gasteiger partial charge in [-0.05, 0) is 50.5 Å². The SMILES string of the molecule is Cc1ccc([C@@H](C)NC(=O)Cn2ccc3c(C)nn(C)c3c2=O)cc1C. The molecule has 0 aliphatic heterocycles. The Morgan fingerprint density at radius 1 is 1.19 bits per heavy atom. The van der Waals surface area contributed by atoms with E-state index in [1.165, 1.54) is 15.7 Å². The first kappa shape index (κ1) is 17.9. The molecule has 6 nitrogen and oxygen atoms in total. The van der Waals surface area contributed by atoms with Gasteiger partial charge in [-0.2, -0.15) is 5.10 Å². The van der Waals surface area contributed by atoms with Gasteiger partial charge in [-0.3, -0.25) is 14.3 Å². The fraction of sp³-hybridized carbons (Fsp3) is 0.350. The average molecular weight is 352 g/mol. The standard InChI is InChI=1S/C20H24N4O2/c1-12-6-7-16(10-13(12)2)14(3)21-18(25)11-24-9-8-17-15(4)22-23(5)19(17)20(24)26/h6-10,14H,11H2,1-5H3,(H,21,25)/t14-/m1/s1. The van der Waals surface area contributed by atoms with E-state index in [1.54, 1.807) is 17.9 Å². The second-order valence-electron chi connectivity index (χ2n) is 6.85. The summed E-state index contributed by atoms with van der Waals surface area (Å²) in [6, 6.07) is 7.86. The Hall–Kier alpha value is -2.89. The lowest BCUT2D eigenvalue weighted by molar-refractivity contribution is -0.122. The number of benzene rings is 1. The Morgan fingerprint density at radius 2 is 1.92 bits per heavy atom. The highest BCUT2D eigenvalue weighted by Gasteiger charge is 2.14. The average Bonchev–Trinajstić information content (AvgIpc) is 2.87. The zero-order valence-corrected chi connectivity index (χ0v) is 15.8. The van der Waals surface area contributed by atoms with Crippen molar-refractivity contribution in [3.8, 4) is 0 Å². The van der Waals surface area contributed by atoms with Gasteiger partial charge in [-0.1, -0.05) is 18.2 Å². The molecule has 3 rings (SSSR count). The summed E-state index contributed by atoms with van der Waals surface area (Å²) in [6.45, 7) is 7.90. The Labute approximate surface area is 152 Å². The van der Waals surface area contributed by atoms with Crippen molar-refractivity contribution in [1.82, 2.24) is 19.7 Å². The summed E-state index contributed by atoms with van der Waals surface area (Å²) in [5.74, 6) is -0.198. The highest BCUT2D eigenvalue weighted by Crippen LogP contribution is 2.17. The predicted molar refractivity (Wildman–Crippen MR) is 102 cm³/mol. The number of hydrogen-bond acceptors (Lipinski definition) is 3. The van der Waals surface area contributed by atoms with Crippen LogP contribution in [0.3, 0.4) is 0 Å². The second-order valence-corrected chi connectivity index (χ2v) is 6.85. The molecule has 2 aromatic heterocycles. The van der Waals surface area contributed by atoms with Gasteiger partial charge in [0.2, 0.25) is 5.91 Å². The van der Waals surface area contributed by atoms with Gasteiger partial charge in [0.1, 0.15) is 12.1 Å². The summed E-state index contributed by atoms with van der Waals surface area (Å²) in [6.07, 6.45) is 1.65. The van der Waals surface area contributed by atoms with E-state index in [2.05, 4.69) is 36.4 Å². The molecule has 0 aliphatic carbocycles. The van der Waals surface area contributed by atoms with Crippen molar-refractivity contribution in [3.05, 3.63) is 63.2 Å². The molecule has 0 saturated heterocycles. The van der Waals surface area contributed by atoms with Crippen LogP contribution in [-0.4, -0.2) is 20.3 Å². The van der Waals surface area contributed by atoms with Crippen LogP contribution in [0.2, 0.25) is 0 Å². The number of nitrogens with zero attached hydrogens (tertiary/aromatic N) is 3. The topological polar surface area (TPSA) is 68.9 Å². The van der Waals surface area contributed by atoms with Crippen LogP contribution < -0.4 is 10.9 Å². The number of aryl methyl sites for hydroxylation is 4. The molecule has 1 atom stereocenters. The largest absolute Gasteiger partial charge is 0.348 e. The van der Waals surface area contributed by atoms with E-state index in [1.807, 2.05) is 26.0 Å². The third-order valence-electron chi connectivity index (χ3n) is 4.88. The van der Waals surface area contributed by atoms with Crippen LogP contribution in [0.5, 0.6) is 0 Å². The minimum atomic E-state index is -0.209. The van der Waals surface area contributed by atoms with E-state index in [0.717, 1.165) is 16.6 Å². The molecule has 0 aliphatic rings. The number of rotatable bonds is 4. The van der Waals surface area contributed by atoms with Crippen molar-refractivity contribution < 1.29 is 4.79 Å². The number of pyridine rings is 1. The molecule has 136 valence electrons. The van der Waals surface area contributed by atoms with Crippen LogP contribution in [0, 0.1) is 20.8 Å². The van der Waals surface area contributed by atoms with Gasteiger partial charge in [-0.15, -0.1) is 0 Å². The number of carbonyl (C=O) groups is 1. The minimum Gasteiger partial charge on any atom is -0.348 e. The van der Waals surface area contributed by atoms with Gasteiger partial charge in [-0.25, -0.2) is 0 Å². The number of aromatic nitrogens is 3. The van der Waals surface area contributed by atoms with Crippen molar-refractivity contribution in [2.75, 3.05) is 0 Å². The van der Waals surface area contributed by atoms with E-state index in [-0.39, 0.29) is 24.1 Å². The summed E-state index contributed by atoms with van der Waals surface area (Å²) in [4.78, 5) is 25.1. The lowest BCUT2D eigenvalue weighted by atomic mass is 10.0. The maximum atomic E-state index is 12.7. The third kappa shape index (κ3) is 3.27. The maximum Gasteiger partial charge on any atom is 0.277 e. The second kappa shape index (κ2) is 6.78. The lowest BCUT2D eigenvalue weighted by Gasteiger charge is -2.16.